The van der Waals surface area contributed by atoms with Crippen molar-refractivity contribution in [2.75, 3.05) is 0 Å². The summed E-state index contributed by atoms with van der Waals surface area (Å²) < 4.78 is 0. The third-order valence-electron chi connectivity index (χ3n) is 2.26. The van der Waals surface area contributed by atoms with Gasteiger partial charge in [0.05, 0.1) is 0 Å². The van der Waals surface area contributed by atoms with Gasteiger partial charge < -0.3 is 0 Å². The molecule has 1 fully saturated rings. The molecular weight excluding hydrogens is 144 g/mol. The van der Waals surface area contributed by atoms with Crippen LogP contribution in [0.1, 0.15) is 52.4 Å². The summed E-state index contributed by atoms with van der Waals surface area (Å²) in [4.78, 5) is 0. The molecule has 0 atom stereocenters. The molecule has 63 valence electrons. The van der Waals surface area contributed by atoms with Gasteiger partial charge in [0.25, 0.3) is 0 Å². The molecule has 0 unspecified atom stereocenters. The van der Waals surface area contributed by atoms with Crippen molar-refractivity contribution in [1.29, 1.82) is 0 Å². The van der Waals surface area contributed by atoms with Crippen LogP contribution >= 0.6 is 0 Å². The lowest BCUT2D eigenvalue weighted by Gasteiger charge is -2.22. The quantitative estimate of drug-likeness (QED) is 0.552. The third-order valence-corrected chi connectivity index (χ3v) is 2.26. The summed E-state index contributed by atoms with van der Waals surface area (Å²) in [5.41, 5.74) is 0. The van der Waals surface area contributed by atoms with E-state index >= 15 is 0 Å². The predicted octanol–water partition coefficient (Wildman–Crippen LogP) is 2.65. The Balaban J connectivity index is 0.000001000. The Labute approximate surface area is 87.3 Å². The molecule has 1 rings (SSSR count). The van der Waals surface area contributed by atoms with Crippen LogP contribution in [0, 0.1) is 11.8 Å². The standard InChI is InChI=1S/C10H19.Mg.2H/c1-9(2)8-10-6-4-3-5-7-10;;;/h9H,3-8H2,1-2H3;;;. The first-order valence-electron chi connectivity index (χ1n) is 4.62. The fraction of sp³-hybridized carbons (Fsp3) is 0.900. The maximum Gasteiger partial charge on any atom is 0.316 e. The Kier molecular flexibility index (Phi) is 6.74. The SMILES string of the molecule is CC(C)C[C]1CCCCC1.[MgH2]. The van der Waals surface area contributed by atoms with Gasteiger partial charge in [-0.05, 0) is 31.1 Å². The molecule has 0 aromatic rings. The van der Waals surface area contributed by atoms with Crippen LogP contribution in [-0.2, 0) is 0 Å². The van der Waals surface area contributed by atoms with E-state index in [0.717, 1.165) is 5.92 Å². The average Bonchev–Trinajstić information content (AvgIpc) is 1.88. The Hall–Kier alpha value is 0.766. The molecule has 1 aliphatic carbocycles. The first kappa shape index (κ1) is 11.8. The molecule has 0 saturated heterocycles. The summed E-state index contributed by atoms with van der Waals surface area (Å²) in [6, 6.07) is 0. The lowest BCUT2D eigenvalue weighted by atomic mass is 9.84. The van der Waals surface area contributed by atoms with Crippen LogP contribution in [0.5, 0.6) is 0 Å². The van der Waals surface area contributed by atoms with Crippen molar-refractivity contribution in [2.45, 2.75) is 52.4 Å². The number of rotatable bonds is 2. The minimum Gasteiger partial charge on any atom is -0.0628 e. The van der Waals surface area contributed by atoms with Crippen LogP contribution in [-0.4, -0.2) is 23.1 Å². The van der Waals surface area contributed by atoms with Crippen LogP contribution in [0.3, 0.4) is 0 Å². The molecule has 0 heterocycles. The van der Waals surface area contributed by atoms with E-state index in [9.17, 15) is 0 Å². The van der Waals surface area contributed by atoms with Crippen molar-refractivity contribution in [3.63, 3.8) is 0 Å². The molecule has 0 N–H and O–H groups in total. The van der Waals surface area contributed by atoms with Gasteiger partial charge in [0.15, 0.2) is 0 Å². The molecule has 1 saturated carbocycles. The van der Waals surface area contributed by atoms with Gasteiger partial charge in [0, 0.05) is 0 Å². The Bertz CT molecular complexity index is 82.9. The second-order valence-electron chi connectivity index (χ2n) is 3.91. The first-order valence-corrected chi connectivity index (χ1v) is 4.62. The van der Waals surface area contributed by atoms with E-state index in [2.05, 4.69) is 13.8 Å². The Morgan fingerprint density at radius 2 is 1.64 bits per heavy atom. The van der Waals surface area contributed by atoms with Crippen molar-refractivity contribution in [3.05, 3.63) is 5.92 Å². The van der Waals surface area contributed by atoms with Gasteiger partial charge in [-0.25, -0.2) is 0 Å². The van der Waals surface area contributed by atoms with Gasteiger partial charge in [0.1, 0.15) is 0 Å². The average molecular weight is 166 g/mol. The highest BCUT2D eigenvalue weighted by Crippen LogP contribution is 2.30. The molecule has 0 aromatic carbocycles. The van der Waals surface area contributed by atoms with E-state index in [0.29, 0.717) is 0 Å². The Morgan fingerprint density at radius 3 is 2.09 bits per heavy atom. The molecule has 0 nitrogen and oxygen atoms in total. The molecule has 0 aromatic heterocycles. The molecule has 1 radical (unpaired) electrons. The lowest BCUT2D eigenvalue weighted by Crippen LogP contribution is -2.06. The topological polar surface area (TPSA) is 0 Å². The second-order valence-corrected chi connectivity index (χ2v) is 3.91. The van der Waals surface area contributed by atoms with Crippen LogP contribution in [0.25, 0.3) is 0 Å². The highest BCUT2D eigenvalue weighted by atomic mass is 24.3. The zero-order chi connectivity index (χ0) is 7.40. The van der Waals surface area contributed by atoms with E-state index < -0.39 is 0 Å². The van der Waals surface area contributed by atoms with E-state index in [4.69, 9.17) is 0 Å². The third kappa shape index (κ3) is 5.08. The van der Waals surface area contributed by atoms with Gasteiger partial charge in [-0.2, -0.15) is 0 Å². The van der Waals surface area contributed by atoms with Crippen molar-refractivity contribution in [1.82, 2.24) is 0 Å². The molecule has 1 heteroatoms. The summed E-state index contributed by atoms with van der Waals surface area (Å²) >= 11 is 0. The summed E-state index contributed by atoms with van der Waals surface area (Å²) in [5, 5.41) is 0. The van der Waals surface area contributed by atoms with E-state index in [-0.39, 0.29) is 23.1 Å². The fourth-order valence-corrected chi connectivity index (χ4v) is 1.83. The van der Waals surface area contributed by atoms with Gasteiger partial charge in [-0.3, -0.25) is 0 Å². The van der Waals surface area contributed by atoms with Crippen molar-refractivity contribution >= 4 is 23.1 Å². The van der Waals surface area contributed by atoms with Crippen LogP contribution in [0.15, 0.2) is 0 Å². The Morgan fingerprint density at radius 1 is 1.09 bits per heavy atom. The van der Waals surface area contributed by atoms with Crippen LogP contribution < -0.4 is 0 Å². The van der Waals surface area contributed by atoms with Crippen molar-refractivity contribution in [3.8, 4) is 0 Å². The number of hydrogen-bond donors (Lipinski definition) is 0. The first-order chi connectivity index (χ1) is 4.79. The monoisotopic (exact) mass is 165 g/mol. The molecule has 0 amide bonds. The minimum atomic E-state index is 0. The molecule has 0 spiro atoms. The predicted molar refractivity (Wildman–Crippen MR) is 54.3 cm³/mol. The lowest BCUT2D eigenvalue weighted by molar-refractivity contribution is 0.462. The zero-order valence-electron chi connectivity index (χ0n) is 7.32. The number of hydrogen-bond acceptors (Lipinski definition) is 0. The van der Waals surface area contributed by atoms with E-state index in [1.165, 1.54) is 38.5 Å². The van der Waals surface area contributed by atoms with E-state index in [1.807, 2.05) is 5.92 Å². The zero-order valence-corrected chi connectivity index (χ0v) is 7.32. The van der Waals surface area contributed by atoms with Gasteiger partial charge in [-0.1, -0.05) is 33.1 Å². The summed E-state index contributed by atoms with van der Waals surface area (Å²) in [6.07, 6.45) is 8.64. The van der Waals surface area contributed by atoms with Gasteiger partial charge in [0.2, 0.25) is 0 Å². The highest BCUT2D eigenvalue weighted by Gasteiger charge is 2.14. The van der Waals surface area contributed by atoms with Crippen LogP contribution in [0.2, 0.25) is 0 Å². The molecule has 0 bridgehead atoms. The van der Waals surface area contributed by atoms with E-state index in [1.54, 1.807) is 0 Å². The summed E-state index contributed by atoms with van der Waals surface area (Å²) in [6.45, 7) is 4.64. The highest BCUT2D eigenvalue weighted by molar-refractivity contribution is 5.75. The van der Waals surface area contributed by atoms with Crippen LogP contribution in [0.4, 0.5) is 0 Å². The minimum absolute atomic E-state index is 0. The van der Waals surface area contributed by atoms with Gasteiger partial charge in [-0.15, -0.1) is 0 Å². The summed E-state index contributed by atoms with van der Waals surface area (Å²) in [7, 11) is 0. The van der Waals surface area contributed by atoms with Gasteiger partial charge >= 0.3 is 23.1 Å². The largest absolute Gasteiger partial charge is 0.316 e. The van der Waals surface area contributed by atoms with Crippen molar-refractivity contribution < 1.29 is 0 Å². The smallest absolute Gasteiger partial charge is 0.0628 e. The normalized spacial score (nSPS) is 19.9. The summed E-state index contributed by atoms with van der Waals surface area (Å²) in [5.74, 6) is 2.72. The maximum atomic E-state index is 2.32. The molecule has 0 aliphatic heterocycles. The second kappa shape index (κ2) is 6.30. The fourth-order valence-electron chi connectivity index (χ4n) is 1.83. The molecule has 1 aliphatic rings. The van der Waals surface area contributed by atoms with Crippen molar-refractivity contribution in [2.24, 2.45) is 5.92 Å². The maximum absolute atomic E-state index is 2.32. The molecule has 11 heavy (non-hydrogen) atoms. The molecular formula is C10H21Mg.